The number of fused-ring (bicyclic) bond motifs is 1. The normalized spacial score (nSPS) is 42.8. The Bertz CT molecular complexity index is 153. The van der Waals surface area contributed by atoms with Gasteiger partial charge in [-0.05, 0) is 24.7 Å². The third-order valence-electron chi connectivity index (χ3n) is 3.00. The second-order valence-corrected chi connectivity index (χ2v) is 4.02. The van der Waals surface area contributed by atoms with Crippen molar-refractivity contribution in [2.24, 2.45) is 17.6 Å². The fourth-order valence-corrected chi connectivity index (χ4v) is 2.61. The summed E-state index contributed by atoms with van der Waals surface area (Å²) < 4.78 is 25.5. The van der Waals surface area contributed by atoms with Gasteiger partial charge >= 0.3 is 0 Å². The van der Waals surface area contributed by atoms with Crippen molar-refractivity contribution in [3.05, 3.63) is 0 Å². The molecule has 2 rings (SSSR count). The van der Waals surface area contributed by atoms with E-state index in [2.05, 4.69) is 0 Å². The highest BCUT2D eigenvalue weighted by molar-refractivity contribution is 4.96. The van der Waals surface area contributed by atoms with Gasteiger partial charge < -0.3 is 5.73 Å². The number of nitrogens with two attached hydrogens (primary N) is 1. The topological polar surface area (TPSA) is 26.0 Å². The lowest BCUT2D eigenvalue weighted by Crippen LogP contribution is -2.19. The van der Waals surface area contributed by atoms with Gasteiger partial charge in [0.2, 0.25) is 5.92 Å². The summed E-state index contributed by atoms with van der Waals surface area (Å²) in [7, 11) is 0. The zero-order valence-corrected chi connectivity index (χ0v) is 6.39. The van der Waals surface area contributed by atoms with Crippen molar-refractivity contribution in [1.82, 2.24) is 0 Å². The number of rotatable bonds is 0. The molecule has 0 aromatic heterocycles. The molecule has 0 radical (unpaired) electrons. The van der Waals surface area contributed by atoms with Crippen molar-refractivity contribution in [2.75, 3.05) is 0 Å². The maximum atomic E-state index is 12.8. The minimum atomic E-state index is -2.38. The number of alkyl halides is 2. The van der Waals surface area contributed by atoms with Gasteiger partial charge in [0.1, 0.15) is 0 Å². The van der Waals surface area contributed by atoms with E-state index < -0.39 is 5.92 Å². The van der Waals surface area contributed by atoms with Crippen molar-refractivity contribution >= 4 is 0 Å². The molecule has 2 N–H and O–H groups in total. The molecule has 11 heavy (non-hydrogen) atoms. The average Bonchev–Trinajstić information content (AvgIpc) is 2.17. The van der Waals surface area contributed by atoms with Gasteiger partial charge in [0, 0.05) is 18.9 Å². The third-order valence-corrected chi connectivity index (χ3v) is 3.00. The molecular weight excluding hydrogens is 148 g/mol. The molecule has 2 atom stereocenters. The summed E-state index contributed by atoms with van der Waals surface area (Å²) in [5, 5.41) is 0. The van der Waals surface area contributed by atoms with Crippen LogP contribution in [0, 0.1) is 11.8 Å². The Hall–Kier alpha value is -0.180. The van der Waals surface area contributed by atoms with Gasteiger partial charge in [-0.25, -0.2) is 8.78 Å². The molecule has 2 fully saturated rings. The van der Waals surface area contributed by atoms with E-state index in [-0.39, 0.29) is 30.7 Å². The summed E-state index contributed by atoms with van der Waals surface area (Å²) in [5.74, 6) is -1.94. The first kappa shape index (κ1) is 7.47. The second kappa shape index (κ2) is 2.16. The molecule has 0 aromatic rings. The highest BCUT2D eigenvalue weighted by Gasteiger charge is 2.49. The van der Waals surface area contributed by atoms with Crippen LogP contribution >= 0.6 is 0 Å². The molecule has 0 spiro atoms. The summed E-state index contributed by atoms with van der Waals surface area (Å²) in [6.07, 6.45) is 1.82. The van der Waals surface area contributed by atoms with Crippen LogP contribution in [0.2, 0.25) is 0 Å². The zero-order chi connectivity index (χ0) is 8.06. The molecule has 64 valence electrons. The van der Waals surface area contributed by atoms with Gasteiger partial charge in [0.05, 0.1) is 0 Å². The van der Waals surface area contributed by atoms with Crippen LogP contribution in [0.1, 0.15) is 25.7 Å². The van der Waals surface area contributed by atoms with Crippen molar-refractivity contribution in [3.63, 3.8) is 0 Å². The van der Waals surface area contributed by atoms with Crippen molar-refractivity contribution in [3.8, 4) is 0 Å². The van der Waals surface area contributed by atoms with Gasteiger partial charge in [-0.2, -0.15) is 0 Å². The Morgan fingerprint density at radius 1 is 1.09 bits per heavy atom. The molecule has 0 aliphatic heterocycles. The second-order valence-electron chi connectivity index (χ2n) is 4.02. The minimum absolute atomic E-state index is 0.0887. The summed E-state index contributed by atoms with van der Waals surface area (Å²) >= 11 is 0. The molecular formula is C8H13F2N. The quantitative estimate of drug-likeness (QED) is 0.575. The molecule has 0 saturated heterocycles. The fourth-order valence-electron chi connectivity index (χ4n) is 2.61. The maximum absolute atomic E-state index is 12.8. The minimum Gasteiger partial charge on any atom is -0.328 e. The molecule has 3 heteroatoms. The van der Waals surface area contributed by atoms with E-state index in [0.29, 0.717) is 0 Å². The van der Waals surface area contributed by atoms with Gasteiger partial charge in [0.25, 0.3) is 0 Å². The Kier molecular flexibility index (Phi) is 1.46. The summed E-state index contributed by atoms with van der Waals surface area (Å²) in [5.41, 5.74) is 5.67. The van der Waals surface area contributed by atoms with E-state index in [9.17, 15) is 8.78 Å². The maximum Gasteiger partial charge on any atom is 0.248 e. The number of halogens is 2. The summed E-state index contributed by atoms with van der Waals surface area (Å²) in [6.45, 7) is 0. The van der Waals surface area contributed by atoms with Crippen LogP contribution in [0.25, 0.3) is 0 Å². The first-order valence-electron chi connectivity index (χ1n) is 4.20. The molecule has 0 amide bonds. The lowest BCUT2D eigenvalue weighted by molar-refractivity contribution is 0.0000251. The van der Waals surface area contributed by atoms with E-state index in [1.165, 1.54) is 0 Å². The summed E-state index contributed by atoms with van der Waals surface area (Å²) in [4.78, 5) is 0. The third kappa shape index (κ3) is 1.26. The van der Waals surface area contributed by atoms with E-state index in [1.54, 1.807) is 0 Å². The number of hydrogen-bond donors (Lipinski definition) is 1. The van der Waals surface area contributed by atoms with Crippen LogP contribution in [0.3, 0.4) is 0 Å². The van der Waals surface area contributed by atoms with Crippen molar-refractivity contribution in [2.45, 2.75) is 37.6 Å². The lowest BCUT2D eigenvalue weighted by Gasteiger charge is -2.10. The van der Waals surface area contributed by atoms with Gasteiger partial charge in [-0.15, -0.1) is 0 Å². The molecule has 1 nitrogen and oxygen atoms in total. The standard InChI is InChI=1S/C8H13F2N/c9-8(10)3-5-1-7(11)2-6(5)4-8/h5-7H,1-4,11H2/t5-,6-/m1/s1. The molecule has 0 aromatic carbocycles. The predicted octanol–water partition coefficient (Wildman–Crippen LogP) is 1.77. The molecule has 2 aliphatic carbocycles. The van der Waals surface area contributed by atoms with Gasteiger partial charge in [-0.3, -0.25) is 0 Å². The zero-order valence-electron chi connectivity index (χ0n) is 6.39. The van der Waals surface area contributed by atoms with Crippen molar-refractivity contribution in [1.29, 1.82) is 0 Å². The van der Waals surface area contributed by atoms with Crippen LogP contribution in [0.4, 0.5) is 8.78 Å². The molecule has 0 heterocycles. The van der Waals surface area contributed by atoms with Crippen LogP contribution in [-0.2, 0) is 0 Å². The lowest BCUT2D eigenvalue weighted by atomic mass is 10.0. The molecule has 0 unspecified atom stereocenters. The largest absolute Gasteiger partial charge is 0.328 e. The van der Waals surface area contributed by atoms with E-state index in [1.807, 2.05) is 0 Å². The molecule has 2 saturated carbocycles. The summed E-state index contributed by atoms with van der Waals surface area (Å²) in [6, 6.07) is 0.195. The Morgan fingerprint density at radius 2 is 1.55 bits per heavy atom. The number of hydrogen-bond acceptors (Lipinski definition) is 1. The Balaban J connectivity index is 2.04. The van der Waals surface area contributed by atoms with E-state index in [0.717, 1.165) is 12.8 Å². The first-order chi connectivity index (χ1) is 5.07. The van der Waals surface area contributed by atoms with Crippen LogP contribution in [0.15, 0.2) is 0 Å². The highest BCUT2D eigenvalue weighted by Crippen LogP contribution is 2.50. The average molecular weight is 161 g/mol. The Morgan fingerprint density at radius 3 is 2.00 bits per heavy atom. The molecule has 2 aliphatic rings. The molecule has 0 bridgehead atoms. The van der Waals surface area contributed by atoms with Crippen LogP contribution < -0.4 is 5.73 Å². The monoisotopic (exact) mass is 161 g/mol. The fraction of sp³-hybridized carbons (Fsp3) is 1.00. The van der Waals surface area contributed by atoms with Gasteiger partial charge in [0.15, 0.2) is 0 Å². The highest BCUT2D eigenvalue weighted by atomic mass is 19.3. The smallest absolute Gasteiger partial charge is 0.248 e. The van der Waals surface area contributed by atoms with Gasteiger partial charge in [-0.1, -0.05) is 0 Å². The van der Waals surface area contributed by atoms with E-state index >= 15 is 0 Å². The Labute approximate surface area is 65.0 Å². The van der Waals surface area contributed by atoms with Crippen LogP contribution in [0.5, 0.6) is 0 Å². The SMILES string of the molecule is NC1C[C@@H]2CC(F)(F)C[C@H]2C1. The first-order valence-corrected chi connectivity index (χ1v) is 4.20. The van der Waals surface area contributed by atoms with Crippen molar-refractivity contribution < 1.29 is 8.78 Å². The predicted molar refractivity (Wildman–Crippen MR) is 38.4 cm³/mol. The van der Waals surface area contributed by atoms with E-state index in [4.69, 9.17) is 5.73 Å². The van der Waals surface area contributed by atoms with Crippen LogP contribution in [-0.4, -0.2) is 12.0 Å².